The molecule has 16 heavy (non-hydrogen) atoms. The van der Waals surface area contributed by atoms with Crippen LogP contribution in [-0.4, -0.2) is 34.3 Å². The van der Waals surface area contributed by atoms with E-state index in [-0.39, 0.29) is 6.10 Å². The van der Waals surface area contributed by atoms with Crippen LogP contribution in [0.4, 0.5) is 5.82 Å². The number of hydrogen-bond acceptors (Lipinski definition) is 4. The monoisotopic (exact) mass is 241 g/mol. The summed E-state index contributed by atoms with van der Waals surface area (Å²) >= 11 is 5.90. The van der Waals surface area contributed by atoms with E-state index in [9.17, 15) is 5.11 Å². The number of hydrogen-bond donors (Lipinski definition) is 1. The van der Waals surface area contributed by atoms with Gasteiger partial charge in [-0.2, -0.15) is 0 Å². The van der Waals surface area contributed by atoms with Crippen LogP contribution in [-0.2, 0) is 0 Å². The molecule has 5 heteroatoms. The highest BCUT2D eigenvalue weighted by Gasteiger charge is 2.27. The lowest BCUT2D eigenvalue weighted by Gasteiger charge is -2.18. The molecule has 0 radical (unpaired) electrons. The smallest absolute Gasteiger partial charge is 0.134 e. The Balaban J connectivity index is 2.14. The highest BCUT2D eigenvalue weighted by molar-refractivity contribution is 6.29. The highest BCUT2D eigenvalue weighted by atomic mass is 35.5. The van der Waals surface area contributed by atoms with Crippen LogP contribution < -0.4 is 4.90 Å². The first-order valence-electron chi connectivity index (χ1n) is 5.50. The molecular weight excluding hydrogens is 226 g/mol. The number of anilines is 1. The van der Waals surface area contributed by atoms with Gasteiger partial charge in [0.1, 0.15) is 16.8 Å². The molecule has 4 nitrogen and oxygen atoms in total. The Bertz CT molecular complexity index is 363. The van der Waals surface area contributed by atoms with Crippen molar-refractivity contribution in [2.45, 2.75) is 26.4 Å². The van der Waals surface area contributed by atoms with Gasteiger partial charge in [0.15, 0.2) is 0 Å². The molecule has 1 N–H and O–H groups in total. The van der Waals surface area contributed by atoms with Crippen molar-refractivity contribution in [3.63, 3.8) is 0 Å². The van der Waals surface area contributed by atoms with Gasteiger partial charge in [-0.05, 0) is 20.3 Å². The van der Waals surface area contributed by atoms with Gasteiger partial charge < -0.3 is 10.0 Å². The molecule has 2 heterocycles. The molecule has 2 unspecified atom stereocenters. The predicted molar refractivity (Wildman–Crippen MR) is 63.8 cm³/mol. The first kappa shape index (κ1) is 11.6. The fourth-order valence-corrected chi connectivity index (χ4v) is 2.29. The van der Waals surface area contributed by atoms with Crippen LogP contribution in [0.3, 0.4) is 0 Å². The van der Waals surface area contributed by atoms with Crippen LogP contribution in [0, 0.1) is 12.8 Å². The number of nitrogens with zero attached hydrogens (tertiary/aromatic N) is 3. The van der Waals surface area contributed by atoms with Crippen LogP contribution in [0.5, 0.6) is 0 Å². The van der Waals surface area contributed by atoms with E-state index in [1.54, 1.807) is 6.07 Å². The number of halogens is 1. The van der Waals surface area contributed by atoms with Crippen LogP contribution in [0.1, 0.15) is 19.2 Å². The van der Waals surface area contributed by atoms with Crippen molar-refractivity contribution in [3.8, 4) is 0 Å². The molecule has 1 aromatic heterocycles. The number of aliphatic hydroxyl groups is 1. The number of aryl methyl sites for hydroxylation is 1. The van der Waals surface area contributed by atoms with E-state index in [2.05, 4.69) is 14.9 Å². The molecule has 2 atom stereocenters. The third-order valence-electron chi connectivity index (χ3n) is 3.02. The maximum Gasteiger partial charge on any atom is 0.134 e. The molecule has 0 amide bonds. The number of aliphatic hydroxyl groups excluding tert-OH is 1. The molecule has 88 valence electrons. The topological polar surface area (TPSA) is 49.2 Å². The fraction of sp³-hybridized carbons (Fsp3) is 0.636. The Hall–Kier alpha value is -0.870. The third kappa shape index (κ3) is 2.44. The number of aromatic nitrogens is 2. The molecule has 0 spiro atoms. The Morgan fingerprint density at radius 1 is 1.56 bits per heavy atom. The summed E-state index contributed by atoms with van der Waals surface area (Å²) in [4.78, 5) is 10.5. The molecule has 0 saturated carbocycles. The summed E-state index contributed by atoms with van der Waals surface area (Å²) in [6.07, 6.45) is 0.738. The fourth-order valence-electron chi connectivity index (χ4n) is 2.07. The average molecular weight is 242 g/mol. The Labute approximate surface area is 100 Å². The molecule has 1 saturated heterocycles. The van der Waals surface area contributed by atoms with Gasteiger partial charge >= 0.3 is 0 Å². The van der Waals surface area contributed by atoms with Crippen molar-refractivity contribution in [1.29, 1.82) is 0 Å². The molecular formula is C11H16ClN3O. The van der Waals surface area contributed by atoms with Crippen molar-refractivity contribution >= 4 is 17.4 Å². The van der Waals surface area contributed by atoms with Crippen molar-refractivity contribution in [2.24, 2.45) is 5.92 Å². The molecule has 0 aromatic carbocycles. The standard InChI is InChI=1S/C11H16ClN3O/c1-7(16)9-3-4-15(6-9)11-5-10(12)13-8(2)14-11/h5,7,9,16H,3-4,6H2,1-2H3. The van der Waals surface area contributed by atoms with E-state index in [1.807, 2.05) is 13.8 Å². The van der Waals surface area contributed by atoms with Crippen molar-refractivity contribution in [2.75, 3.05) is 18.0 Å². The van der Waals surface area contributed by atoms with Gasteiger partial charge in [-0.3, -0.25) is 0 Å². The maximum absolute atomic E-state index is 9.54. The minimum Gasteiger partial charge on any atom is -0.393 e. The lowest BCUT2D eigenvalue weighted by atomic mass is 10.0. The van der Waals surface area contributed by atoms with Crippen molar-refractivity contribution < 1.29 is 5.11 Å². The number of rotatable bonds is 2. The molecule has 1 aliphatic rings. The second-order valence-electron chi connectivity index (χ2n) is 4.33. The summed E-state index contributed by atoms with van der Waals surface area (Å²) < 4.78 is 0. The van der Waals surface area contributed by atoms with E-state index >= 15 is 0 Å². The van der Waals surface area contributed by atoms with Gasteiger partial charge in [0.25, 0.3) is 0 Å². The molecule has 1 aliphatic heterocycles. The quantitative estimate of drug-likeness (QED) is 0.800. The molecule has 0 bridgehead atoms. The molecule has 0 aliphatic carbocycles. The second kappa shape index (κ2) is 4.55. The van der Waals surface area contributed by atoms with Gasteiger partial charge in [-0.25, -0.2) is 9.97 Å². The molecule has 1 aromatic rings. The Kier molecular flexibility index (Phi) is 3.30. The largest absolute Gasteiger partial charge is 0.393 e. The van der Waals surface area contributed by atoms with Gasteiger partial charge in [-0.15, -0.1) is 0 Å². The van der Waals surface area contributed by atoms with E-state index in [1.165, 1.54) is 0 Å². The SMILES string of the molecule is Cc1nc(Cl)cc(N2CCC(C(C)O)C2)n1. The van der Waals surface area contributed by atoms with Gasteiger partial charge in [-0.1, -0.05) is 11.6 Å². The second-order valence-corrected chi connectivity index (χ2v) is 4.72. The maximum atomic E-state index is 9.54. The van der Waals surface area contributed by atoms with E-state index in [0.717, 1.165) is 25.3 Å². The van der Waals surface area contributed by atoms with Crippen LogP contribution in [0.15, 0.2) is 6.07 Å². The van der Waals surface area contributed by atoms with Crippen LogP contribution in [0.25, 0.3) is 0 Å². The zero-order valence-electron chi connectivity index (χ0n) is 9.52. The highest BCUT2D eigenvalue weighted by Crippen LogP contribution is 2.25. The zero-order valence-corrected chi connectivity index (χ0v) is 10.3. The summed E-state index contributed by atoms with van der Waals surface area (Å²) in [7, 11) is 0. The zero-order chi connectivity index (χ0) is 11.7. The average Bonchev–Trinajstić information content (AvgIpc) is 2.64. The summed E-state index contributed by atoms with van der Waals surface area (Å²) in [5, 5.41) is 10.0. The van der Waals surface area contributed by atoms with E-state index < -0.39 is 0 Å². The van der Waals surface area contributed by atoms with Crippen LogP contribution in [0.2, 0.25) is 5.15 Å². The first-order valence-corrected chi connectivity index (χ1v) is 5.88. The van der Waals surface area contributed by atoms with E-state index in [0.29, 0.717) is 16.9 Å². The van der Waals surface area contributed by atoms with E-state index in [4.69, 9.17) is 11.6 Å². The minimum atomic E-state index is -0.261. The first-order chi connectivity index (χ1) is 7.56. The van der Waals surface area contributed by atoms with Crippen molar-refractivity contribution in [1.82, 2.24) is 9.97 Å². The lowest BCUT2D eigenvalue weighted by molar-refractivity contribution is 0.136. The minimum absolute atomic E-state index is 0.261. The lowest BCUT2D eigenvalue weighted by Crippen LogP contribution is -2.24. The molecule has 1 fully saturated rings. The van der Waals surface area contributed by atoms with Crippen LogP contribution >= 0.6 is 11.6 Å². The third-order valence-corrected chi connectivity index (χ3v) is 3.22. The summed E-state index contributed by atoms with van der Waals surface area (Å²) in [6.45, 7) is 5.43. The molecule has 2 rings (SSSR count). The van der Waals surface area contributed by atoms with Gasteiger partial charge in [0.2, 0.25) is 0 Å². The van der Waals surface area contributed by atoms with Gasteiger partial charge in [0.05, 0.1) is 6.10 Å². The van der Waals surface area contributed by atoms with Gasteiger partial charge in [0, 0.05) is 25.1 Å². The summed E-state index contributed by atoms with van der Waals surface area (Å²) in [6, 6.07) is 1.78. The summed E-state index contributed by atoms with van der Waals surface area (Å²) in [5.74, 6) is 1.87. The Morgan fingerprint density at radius 2 is 2.31 bits per heavy atom. The predicted octanol–water partition coefficient (Wildman–Crippen LogP) is 1.65. The Morgan fingerprint density at radius 3 is 2.88 bits per heavy atom. The van der Waals surface area contributed by atoms with Crippen molar-refractivity contribution in [3.05, 3.63) is 17.0 Å². The normalized spacial score (nSPS) is 22.5. The summed E-state index contributed by atoms with van der Waals surface area (Å²) in [5.41, 5.74) is 0.